The minimum Gasteiger partial charge on any atom is -0.378 e. The first-order chi connectivity index (χ1) is 9.51. The van der Waals surface area contributed by atoms with Crippen LogP contribution >= 0.6 is 11.3 Å². The number of carbonyl (C=O) groups is 1. The molecule has 0 saturated carbocycles. The summed E-state index contributed by atoms with van der Waals surface area (Å²) in [6.45, 7) is 6.41. The molecule has 2 N–H and O–H groups in total. The number of benzene rings is 1. The molecule has 1 aromatic heterocycles. The third-order valence-electron chi connectivity index (χ3n) is 3.28. The standard InChI is InChI=1S/C16H20N2OS/c1-10-8-15(12(3)20-10)11(2)18-14-7-5-6-13(9-14)16(19)17-4/h5-9,11,18H,1-4H3,(H,17,19). The molecule has 2 rings (SSSR count). The van der Waals surface area contributed by atoms with Crippen molar-refractivity contribution in [2.24, 2.45) is 0 Å². The van der Waals surface area contributed by atoms with Crippen LogP contribution in [-0.4, -0.2) is 13.0 Å². The van der Waals surface area contributed by atoms with E-state index in [0.717, 1.165) is 5.69 Å². The summed E-state index contributed by atoms with van der Waals surface area (Å²) in [6.07, 6.45) is 0. The van der Waals surface area contributed by atoms with Crippen molar-refractivity contribution in [3.8, 4) is 0 Å². The van der Waals surface area contributed by atoms with Gasteiger partial charge in [-0.25, -0.2) is 0 Å². The zero-order valence-electron chi connectivity index (χ0n) is 12.3. The Bertz CT molecular complexity index is 619. The van der Waals surface area contributed by atoms with E-state index in [0.29, 0.717) is 5.56 Å². The van der Waals surface area contributed by atoms with Gasteiger partial charge in [0.05, 0.1) is 0 Å². The van der Waals surface area contributed by atoms with Crippen LogP contribution in [0.4, 0.5) is 5.69 Å². The van der Waals surface area contributed by atoms with Gasteiger partial charge in [-0.2, -0.15) is 0 Å². The highest BCUT2D eigenvalue weighted by molar-refractivity contribution is 7.12. The van der Waals surface area contributed by atoms with Crippen LogP contribution in [0.1, 0.15) is 38.6 Å². The zero-order valence-corrected chi connectivity index (χ0v) is 13.1. The first-order valence-electron chi connectivity index (χ1n) is 6.67. The zero-order chi connectivity index (χ0) is 14.7. The highest BCUT2D eigenvalue weighted by Gasteiger charge is 2.12. The Balaban J connectivity index is 2.17. The number of aryl methyl sites for hydroxylation is 2. The molecular formula is C16H20N2OS. The van der Waals surface area contributed by atoms with E-state index in [9.17, 15) is 4.79 Å². The van der Waals surface area contributed by atoms with Gasteiger partial charge < -0.3 is 10.6 Å². The Morgan fingerprint density at radius 1 is 1.25 bits per heavy atom. The molecule has 1 amide bonds. The lowest BCUT2D eigenvalue weighted by atomic mass is 10.1. The molecule has 0 aliphatic heterocycles. The number of carbonyl (C=O) groups excluding carboxylic acids is 1. The number of hydrogen-bond acceptors (Lipinski definition) is 3. The summed E-state index contributed by atoms with van der Waals surface area (Å²) < 4.78 is 0. The van der Waals surface area contributed by atoms with Gasteiger partial charge in [0, 0.05) is 34.1 Å². The molecule has 0 bridgehead atoms. The molecule has 3 nitrogen and oxygen atoms in total. The van der Waals surface area contributed by atoms with Crippen molar-refractivity contribution >= 4 is 22.9 Å². The smallest absolute Gasteiger partial charge is 0.251 e. The lowest BCUT2D eigenvalue weighted by Gasteiger charge is -2.16. The molecular weight excluding hydrogens is 268 g/mol. The van der Waals surface area contributed by atoms with Gasteiger partial charge in [-0.3, -0.25) is 4.79 Å². The van der Waals surface area contributed by atoms with Gasteiger partial charge >= 0.3 is 0 Å². The molecule has 2 aromatic rings. The summed E-state index contributed by atoms with van der Waals surface area (Å²) in [5.41, 5.74) is 2.95. The van der Waals surface area contributed by atoms with E-state index in [1.165, 1.54) is 15.3 Å². The predicted molar refractivity (Wildman–Crippen MR) is 85.7 cm³/mol. The van der Waals surface area contributed by atoms with E-state index < -0.39 is 0 Å². The third-order valence-corrected chi connectivity index (χ3v) is 4.26. The number of hydrogen-bond donors (Lipinski definition) is 2. The highest BCUT2D eigenvalue weighted by atomic mass is 32.1. The van der Waals surface area contributed by atoms with Crippen LogP contribution in [0.2, 0.25) is 0 Å². The summed E-state index contributed by atoms with van der Waals surface area (Å²) in [5.74, 6) is -0.0659. The molecule has 0 fully saturated rings. The molecule has 1 unspecified atom stereocenters. The van der Waals surface area contributed by atoms with Gasteiger partial charge in [-0.15, -0.1) is 11.3 Å². The van der Waals surface area contributed by atoms with Crippen molar-refractivity contribution in [3.05, 3.63) is 51.2 Å². The van der Waals surface area contributed by atoms with Crippen molar-refractivity contribution in [1.29, 1.82) is 0 Å². The minimum atomic E-state index is -0.0659. The molecule has 4 heteroatoms. The second-order valence-corrected chi connectivity index (χ2v) is 6.35. The fourth-order valence-corrected chi connectivity index (χ4v) is 3.33. The quantitative estimate of drug-likeness (QED) is 0.896. The van der Waals surface area contributed by atoms with E-state index in [-0.39, 0.29) is 11.9 Å². The maximum Gasteiger partial charge on any atom is 0.251 e. The van der Waals surface area contributed by atoms with Gasteiger partial charge in [-0.05, 0) is 50.6 Å². The number of rotatable bonds is 4. The molecule has 0 aliphatic carbocycles. The average molecular weight is 288 g/mol. The SMILES string of the molecule is CNC(=O)c1cccc(NC(C)c2cc(C)sc2C)c1. The van der Waals surface area contributed by atoms with Gasteiger partial charge in [0.2, 0.25) is 0 Å². The second kappa shape index (κ2) is 6.09. The minimum absolute atomic E-state index is 0.0659. The Hall–Kier alpha value is -1.81. The lowest BCUT2D eigenvalue weighted by molar-refractivity contribution is 0.0963. The van der Waals surface area contributed by atoms with Crippen molar-refractivity contribution < 1.29 is 4.79 Å². The van der Waals surface area contributed by atoms with Crippen molar-refractivity contribution in [2.75, 3.05) is 12.4 Å². The Kier molecular flexibility index (Phi) is 4.45. The third kappa shape index (κ3) is 3.20. The van der Waals surface area contributed by atoms with Crippen molar-refractivity contribution in [3.63, 3.8) is 0 Å². The van der Waals surface area contributed by atoms with Crippen LogP contribution in [0, 0.1) is 13.8 Å². The predicted octanol–water partition coefficient (Wildman–Crippen LogP) is 3.90. The Morgan fingerprint density at radius 3 is 2.60 bits per heavy atom. The molecule has 1 atom stereocenters. The second-order valence-electron chi connectivity index (χ2n) is 4.89. The number of thiophene rings is 1. The topological polar surface area (TPSA) is 41.1 Å². The molecule has 1 heterocycles. The molecule has 0 spiro atoms. The van der Waals surface area contributed by atoms with Crippen LogP contribution in [0.15, 0.2) is 30.3 Å². The molecule has 0 saturated heterocycles. The van der Waals surface area contributed by atoms with Gasteiger partial charge in [0.15, 0.2) is 0 Å². The van der Waals surface area contributed by atoms with Gasteiger partial charge in [0.25, 0.3) is 5.91 Å². The van der Waals surface area contributed by atoms with Crippen LogP contribution < -0.4 is 10.6 Å². The lowest BCUT2D eigenvalue weighted by Crippen LogP contribution is -2.18. The molecule has 20 heavy (non-hydrogen) atoms. The monoisotopic (exact) mass is 288 g/mol. The van der Waals surface area contributed by atoms with Crippen LogP contribution in [0.3, 0.4) is 0 Å². The van der Waals surface area contributed by atoms with E-state index in [4.69, 9.17) is 0 Å². The van der Waals surface area contributed by atoms with E-state index in [1.54, 1.807) is 7.05 Å². The summed E-state index contributed by atoms with van der Waals surface area (Å²) in [6, 6.07) is 10.0. The first-order valence-corrected chi connectivity index (χ1v) is 7.48. The van der Waals surface area contributed by atoms with E-state index >= 15 is 0 Å². The first kappa shape index (κ1) is 14.6. The number of nitrogens with one attached hydrogen (secondary N) is 2. The van der Waals surface area contributed by atoms with Crippen LogP contribution in [-0.2, 0) is 0 Å². The largest absolute Gasteiger partial charge is 0.378 e. The normalized spacial score (nSPS) is 12.0. The average Bonchev–Trinajstić information content (AvgIpc) is 2.77. The van der Waals surface area contributed by atoms with Crippen molar-refractivity contribution in [2.45, 2.75) is 26.8 Å². The number of anilines is 1. The Labute approximate surface area is 124 Å². The summed E-state index contributed by atoms with van der Waals surface area (Å²) in [5, 5.41) is 6.10. The maximum absolute atomic E-state index is 11.6. The number of amides is 1. The highest BCUT2D eigenvalue weighted by Crippen LogP contribution is 2.28. The van der Waals surface area contributed by atoms with Crippen LogP contribution in [0.5, 0.6) is 0 Å². The molecule has 106 valence electrons. The summed E-state index contributed by atoms with van der Waals surface area (Å²) >= 11 is 1.82. The van der Waals surface area contributed by atoms with Crippen LogP contribution in [0.25, 0.3) is 0 Å². The van der Waals surface area contributed by atoms with Crippen molar-refractivity contribution in [1.82, 2.24) is 5.32 Å². The van der Waals surface area contributed by atoms with E-state index in [1.807, 2.05) is 35.6 Å². The maximum atomic E-state index is 11.6. The molecule has 0 radical (unpaired) electrons. The van der Waals surface area contributed by atoms with E-state index in [2.05, 4.69) is 37.5 Å². The molecule has 1 aromatic carbocycles. The molecule has 0 aliphatic rings. The van der Waals surface area contributed by atoms with Gasteiger partial charge in [0.1, 0.15) is 0 Å². The summed E-state index contributed by atoms with van der Waals surface area (Å²) in [4.78, 5) is 14.3. The van der Waals surface area contributed by atoms with Gasteiger partial charge in [-0.1, -0.05) is 6.07 Å². The summed E-state index contributed by atoms with van der Waals surface area (Å²) in [7, 11) is 1.64. The Morgan fingerprint density at radius 2 is 2.00 bits per heavy atom. The fraction of sp³-hybridized carbons (Fsp3) is 0.312. The fourth-order valence-electron chi connectivity index (χ4n) is 2.30.